The van der Waals surface area contributed by atoms with Crippen LogP contribution in [0.1, 0.15) is 37.7 Å². The number of hydrogen-bond donors (Lipinski definition) is 1. The van der Waals surface area contributed by atoms with Gasteiger partial charge in [-0.25, -0.2) is 0 Å². The van der Waals surface area contributed by atoms with Crippen LogP contribution in [-0.2, 0) is 0 Å². The lowest BCUT2D eigenvalue weighted by molar-refractivity contribution is 0.280. The summed E-state index contributed by atoms with van der Waals surface area (Å²) in [6, 6.07) is 9.41. The Morgan fingerprint density at radius 3 is 2.63 bits per heavy atom. The maximum absolute atomic E-state index is 3.55. The van der Waals surface area contributed by atoms with Gasteiger partial charge < -0.3 is 10.2 Å². The van der Waals surface area contributed by atoms with Gasteiger partial charge in [-0.3, -0.25) is 0 Å². The minimum absolute atomic E-state index is 0.616. The second kappa shape index (κ2) is 6.95. The molecule has 0 radical (unpaired) electrons. The van der Waals surface area contributed by atoms with Gasteiger partial charge in [-0.1, -0.05) is 31.4 Å². The van der Waals surface area contributed by atoms with Gasteiger partial charge in [-0.2, -0.15) is 0 Å². The van der Waals surface area contributed by atoms with Crippen molar-refractivity contribution in [2.75, 3.05) is 25.5 Å². The van der Waals surface area contributed by atoms with Gasteiger partial charge in [0.05, 0.1) is 0 Å². The molecule has 0 aromatic heterocycles. The van der Waals surface area contributed by atoms with E-state index < -0.39 is 0 Å². The maximum Gasteiger partial charge on any atom is 0.0366 e. The highest BCUT2D eigenvalue weighted by molar-refractivity contribution is 5.47. The highest BCUT2D eigenvalue weighted by Crippen LogP contribution is 2.27. The molecule has 1 aromatic rings. The molecule has 0 heterocycles. The van der Waals surface area contributed by atoms with E-state index in [0.29, 0.717) is 6.04 Å². The Bertz CT molecular complexity index is 383. The molecule has 2 nitrogen and oxygen atoms in total. The number of benzene rings is 1. The molecule has 19 heavy (non-hydrogen) atoms. The van der Waals surface area contributed by atoms with Gasteiger partial charge in [0.25, 0.3) is 0 Å². The summed E-state index contributed by atoms with van der Waals surface area (Å²) in [5.41, 5.74) is 2.67. The van der Waals surface area contributed by atoms with Crippen LogP contribution in [0.4, 0.5) is 5.69 Å². The van der Waals surface area contributed by atoms with E-state index in [1.54, 1.807) is 0 Å². The van der Waals surface area contributed by atoms with Crippen molar-refractivity contribution in [3.8, 4) is 0 Å². The lowest BCUT2D eigenvalue weighted by Crippen LogP contribution is -2.43. The number of nitrogens with one attached hydrogen (secondary N) is 1. The van der Waals surface area contributed by atoms with Gasteiger partial charge in [-0.05, 0) is 50.4 Å². The van der Waals surface area contributed by atoms with Crippen LogP contribution in [-0.4, -0.2) is 26.7 Å². The van der Waals surface area contributed by atoms with Crippen molar-refractivity contribution in [2.45, 2.75) is 45.1 Å². The molecule has 1 N–H and O–H groups in total. The van der Waals surface area contributed by atoms with Gasteiger partial charge in [0, 0.05) is 25.3 Å². The van der Waals surface area contributed by atoms with E-state index in [1.165, 1.54) is 43.4 Å². The largest absolute Gasteiger partial charge is 0.373 e. The molecule has 1 aliphatic rings. The van der Waals surface area contributed by atoms with Crippen molar-refractivity contribution < 1.29 is 0 Å². The van der Waals surface area contributed by atoms with E-state index in [0.717, 1.165) is 12.5 Å². The number of nitrogens with zero attached hydrogens (tertiary/aromatic N) is 1. The van der Waals surface area contributed by atoms with Crippen LogP contribution >= 0.6 is 0 Å². The third-order valence-corrected chi connectivity index (χ3v) is 4.50. The van der Waals surface area contributed by atoms with Crippen molar-refractivity contribution in [1.82, 2.24) is 5.32 Å². The lowest BCUT2D eigenvalue weighted by atomic mass is 9.83. The zero-order valence-corrected chi connectivity index (χ0v) is 12.7. The van der Waals surface area contributed by atoms with Crippen LogP contribution < -0.4 is 10.2 Å². The van der Waals surface area contributed by atoms with Crippen molar-refractivity contribution in [3.05, 3.63) is 29.8 Å². The van der Waals surface area contributed by atoms with E-state index in [2.05, 4.69) is 55.5 Å². The second-order valence-corrected chi connectivity index (χ2v) is 6.01. The number of likely N-dealkylation sites (N-methyl/N-ethyl adjacent to an activating group) is 2. The Labute approximate surface area is 118 Å². The molecule has 1 atom stereocenters. The van der Waals surface area contributed by atoms with Crippen LogP contribution in [0.25, 0.3) is 0 Å². The molecule has 0 amide bonds. The lowest BCUT2D eigenvalue weighted by Gasteiger charge is -2.33. The van der Waals surface area contributed by atoms with Crippen molar-refractivity contribution >= 4 is 5.69 Å². The van der Waals surface area contributed by atoms with E-state index in [1.807, 2.05) is 0 Å². The Morgan fingerprint density at radius 1 is 1.26 bits per heavy atom. The predicted octanol–water partition coefficient (Wildman–Crippen LogP) is 3.60. The molecule has 1 unspecified atom stereocenters. The normalized spacial score (nSPS) is 18.3. The first-order chi connectivity index (χ1) is 9.20. The molecule has 2 heteroatoms. The monoisotopic (exact) mass is 260 g/mol. The van der Waals surface area contributed by atoms with Crippen LogP contribution in [0.5, 0.6) is 0 Å². The third-order valence-electron chi connectivity index (χ3n) is 4.50. The van der Waals surface area contributed by atoms with Crippen LogP contribution in [0.2, 0.25) is 0 Å². The van der Waals surface area contributed by atoms with Crippen LogP contribution in [0, 0.1) is 12.8 Å². The molecule has 1 aromatic carbocycles. The summed E-state index contributed by atoms with van der Waals surface area (Å²) < 4.78 is 0. The molecule has 0 spiro atoms. The van der Waals surface area contributed by atoms with Crippen LogP contribution in [0.15, 0.2) is 24.3 Å². The fourth-order valence-electron chi connectivity index (χ4n) is 3.28. The molecular formula is C17H28N2. The minimum Gasteiger partial charge on any atom is -0.373 e. The number of rotatable bonds is 5. The summed E-state index contributed by atoms with van der Waals surface area (Å²) in [4.78, 5) is 2.39. The average Bonchev–Trinajstić information content (AvgIpc) is 2.45. The summed E-state index contributed by atoms with van der Waals surface area (Å²) in [6.45, 7) is 3.26. The number of aryl methyl sites for hydroxylation is 1. The molecule has 1 fully saturated rings. The van der Waals surface area contributed by atoms with Gasteiger partial charge in [0.15, 0.2) is 0 Å². The first kappa shape index (κ1) is 14.4. The third kappa shape index (κ3) is 3.97. The Kier molecular flexibility index (Phi) is 5.26. The van der Waals surface area contributed by atoms with Gasteiger partial charge in [-0.15, -0.1) is 0 Å². The van der Waals surface area contributed by atoms with Crippen molar-refractivity contribution in [1.29, 1.82) is 0 Å². The summed E-state index contributed by atoms with van der Waals surface area (Å²) in [6.07, 6.45) is 7.05. The first-order valence-electron chi connectivity index (χ1n) is 7.66. The molecule has 1 aliphatic carbocycles. The smallest absolute Gasteiger partial charge is 0.0366 e. The first-order valence-corrected chi connectivity index (χ1v) is 7.66. The van der Waals surface area contributed by atoms with Gasteiger partial charge in [0.2, 0.25) is 0 Å². The Balaban J connectivity index is 1.97. The molecule has 0 saturated heterocycles. The van der Waals surface area contributed by atoms with E-state index in [-0.39, 0.29) is 0 Å². The van der Waals surface area contributed by atoms with Crippen LogP contribution in [0.3, 0.4) is 0 Å². The Hall–Kier alpha value is -1.02. The zero-order chi connectivity index (χ0) is 13.7. The van der Waals surface area contributed by atoms with Gasteiger partial charge >= 0.3 is 0 Å². The standard InChI is InChI=1S/C17H28N2/c1-14-8-7-11-16(12-14)19(3)13-17(18-2)15-9-5-4-6-10-15/h7-8,11-12,15,17-18H,4-6,9-10,13H2,1-3H3. The molecule has 106 valence electrons. The average molecular weight is 260 g/mol. The van der Waals surface area contributed by atoms with E-state index >= 15 is 0 Å². The molecule has 0 aliphatic heterocycles. The highest BCUT2D eigenvalue weighted by Gasteiger charge is 2.23. The fourth-order valence-corrected chi connectivity index (χ4v) is 3.28. The second-order valence-electron chi connectivity index (χ2n) is 6.01. The predicted molar refractivity (Wildman–Crippen MR) is 83.9 cm³/mol. The quantitative estimate of drug-likeness (QED) is 0.870. The SMILES string of the molecule is CNC(CN(C)c1cccc(C)c1)C1CCCCC1. The van der Waals surface area contributed by atoms with Crippen molar-refractivity contribution in [2.24, 2.45) is 5.92 Å². The summed E-state index contributed by atoms with van der Waals surface area (Å²) >= 11 is 0. The number of hydrogen-bond acceptors (Lipinski definition) is 2. The van der Waals surface area contributed by atoms with E-state index in [4.69, 9.17) is 0 Å². The summed E-state index contributed by atoms with van der Waals surface area (Å²) in [7, 11) is 4.32. The maximum atomic E-state index is 3.55. The summed E-state index contributed by atoms with van der Waals surface area (Å²) in [5, 5.41) is 3.55. The number of anilines is 1. The Morgan fingerprint density at radius 2 is 2.00 bits per heavy atom. The minimum atomic E-state index is 0.616. The topological polar surface area (TPSA) is 15.3 Å². The molecular weight excluding hydrogens is 232 g/mol. The molecule has 1 saturated carbocycles. The highest BCUT2D eigenvalue weighted by atomic mass is 15.1. The summed E-state index contributed by atoms with van der Waals surface area (Å²) in [5.74, 6) is 0.853. The van der Waals surface area contributed by atoms with E-state index in [9.17, 15) is 0 Å². The molecule has 2 rings (SSSR count). The van der Waals surface area contributed by atoms with Gasteiger partial charge in [0.1, 0.15) is 0 Å². The molecule has 0 bridgehead atoms. The fraction of sp³-hybridized carbons (Fsp3) is 0.647. The van der Waals surface area contributed by atoms with Crippen molar-refractivity contribution in [3.63, 3.8) is 0 Å². The zero-order valence-electron chi connectivity index (χ0n) is 12.7.